The van der Waals surface area contributed by atoms with Crippen LogP contribution >= 0.6 is 24.8 Å². The summed E-state index contributed by atoms with van der Waals surface area (Å²) in [5, 5.41) is 11.6. The summed E-state index contributed by atoms with van der Waals surface area (Å²) in [7, 11) is 0. The van der Waals surface area contributed by atoms with E-state index in [9.17, 15) is 4.79 Å². The summed E-state index contributed by atoms with van der Waals surface area (Å²) in [6.45, 7) is 0. The van der Waals surface area contributed by atoms with Gasteiger partial charge in [-0.25, -0.2) is 4.79 Å². The van der Waals surface area contributed by atoms with Gasteiger partial charge in [0.25, 0.3) is 0 Å². The van der Waals surface area contributed by atoms with Crippen molar-refractivity contribution in [3.63, 3.8) is 0 Å². The van der Waals surface area contributed by atoms with Crippen molar-refractivity contribution < 1.29 is 9.90 Å². The first kappa shape index (κ1) is 12.0. The fourth-order valence-electron chi connectivity index (χ4n) is 1.20. The molecule has 15 heavy (non-hydrogen) atoms. The molecule has 0 spiro atoms. The normalized spacial score (nSPS) is 11.8. The van der Waals surface area contributed by atoms with E-state index < -0.39 is 12.0 Å². The van der Waals surface area contributed by atoms with Crippen molar-refractivity contribution in [1.29, 1.82) is 0 Å². The Kier molecular flexibility index (Phi) is 4.58. The van der Waals surface area contributed by atoms with E-state index in [0.717, 1.165) is 5.56 Å². The van der Waals surface area contributed by atoms with Crippen molar-refractivity contribution >= 4 is 35.1 Å². The zero-order valence-electron chi connectivity index (χ0n) is 7.88. The van der Waals surface area contributed by atoms with E-state index in [4.69, 9.17) is 17.3 Å². The lowest BCUT2D eigenvalue weighted by atomic mass is 10.1. The SMILES string of the molecule is O=C(O)[C@H](Cc1ccccc1)NC(=S)S. The smallest absolute Gasteiger partial charge is 0.326 e. The average molecular weight is 241 g/mol. The molecule has 0 saturated carbocycles. The van der Waals surface area contributed by atoms with E-state index in [0.29, 0.717) is 6.42 Å². The fourth-order valence-corrected chi connectivity index (χ4v) is 1.50. The van der Waals surface area contributed by atoms with Crippen molar-refractivity contribution in [2.45, 2.75) is 12.5 Å². The van der Waals surface area contributed by atoms with Crippen LogP contribution in [0.4, 0.5) is 0 Å². The molecule has 0 saturated heterocycles. The standard InChI is InChI=1S/C10H11NO2S2/c12-9(13)8(11-10(14)15)6-7-4-2-1-3-5-7/h1-5,8H,6H2,(H,12,13)(H2,11,14,15)/t8-/m0/s1. The van der Waals surface area contributed by atoms with E-state index in [1.54, 1.807) is 0 Å². The number of aliphatic carboxylic acids is 1. The second-order valence-electron chi connectivity index (χ2n) is 3.03. The van der Waals surface area contributed by atoms with Gasteiger partial charge in [0.05, 0.1) is 0 Å². The number of hydrogen-bond donors (Lipinski definition) is 3. The molecule has 80 valence electrons. The zero-order chi connectivity index (χ0) is 11.3. The van der Waals surface area contributed by atoms with Gasteiger partial charge in [-0.15, -0.1) is 12.6 Å². The maximum Gasteiger partial charge on any atom is 0.326 e. The van der Waals surface area contributed by atoms with E-state index in [1.165, 1.54) is 0 Å². The van der Waals surface area contributed by atoms with Gasteiger partial charge in [0.1, 0.15) is 10.4 Å². The highest BCUT2D eigenvalue weighted by molar-refractivity contribution is 8.11. The molecule has 0 aromatic heterocycles. The lowest BCUT2D eigenvalue weighted by Crippen LogP contribution is -2.39. The monoisotopic (exact) mass is 241 g/mol. The summed E-state index contributed by atoms with van der Waals surface area (Å²) in [6, 6.07) is 8.65. The highest BCUT2D eigenvalue weighted by atomic mass is 32.1. The van der Waals surface area contributed by atoms with E-state index >= 15 is 0 Å². The molecule has 2 N–H and O–H groups in total. The van der Waals surface area contributed by atoms with Crippen molar-refractivity contribution in [1.82, 2.24) is 5.32 Å². The molecule has 0 aliphatic rings. The Morgan fingerprint density at radius 2 is 2.07 bits per heavy atom. The molecule has 0 radical (unpaired) electrons. The van der Waals surface area contributed by atoms with Crippen LogP contribution in [0.5, 0.6) is 0 Å². The first-order valence-electron chi connectivity index (χ1n) is 4.36. The number of rotatable bonds is 4. The number of nitrogens with one attached hydrogen (secondary N) is 1. The van der Waals surface area contributed by atoms with Crippen LogP contribution in [0.25, 0.3) is 0 Å². The highest BCUT2D eigenvalue weighted by Gasteiger charge is 2.17. The van der Waals surface area contributed by atoms with Crippen LogP contribution in [-0.4, -0.2) is 21.4 Å². The first-order valence-corrected chi connectivity index (χ1v) is 5.21. The van der Waals surface area contributed by atoms with Gasteiger partial charge in [0.2, 0.25) is 0 Å². The van der Waals surface area contributed by atoms with Gasteiger partial charge in [-0.2, -0.15) is 0 Å². The van der Waals surface area contributed by atoms with Crippen LogP contribution < -0.4 is 5.32 Å². The predicted octanol–water partition coefficient (Wildman–Crippen LogP) is 1.49. The Morgan fingerprint density at radius 3 is 2.53 bits per heavy atom. The maximum absolute atomic E-state index is 10.9. The molecule has 1 atom stereocenters. The molecule has 3 nitrogen and oxygen atoms in total. The molecule has 0 amide bonds. The molecule has 1 aromatic carbocycles. The molecule has 0 fully saturated rings. The lowest BCUT2D eigenvalue weighted by molar-refractivity contribution is -0.138. The summed E-state index contributed by atoms with van der Waals surface area (Å²) in [5.74, 6) is -0.935. The van der Waals surface area contributed by atoms with Gasteiger partial charge in [0, 0.05) is 6.42 Å². The fraction of sp³-hybridized carbons (Fsp3) is 0.200. The molecule has 1 aromatic rings. The molecule has 0 aliphatic carbocycles. The molecule has 5 heteroatoms. The number of carbonyl (C=O) groups is 1. The number of carboxylic acids is 1. The molecule has 0 bridgehead atoms. The molecular weight excluding hydrogens is 230 g/mol. The molecule has 0 unspecified atom stereocenters. The molecule has 1 rings (SSSR count). The summed E-state index contributed by atoms with van der Waals surface area (Å²) in [4.78, 5) is 10.9. The highest BCUT2D eigenvalue weighted by Crippen LogP contribution is 2.03. The third kappa shape index (κ3) is 4.31. The second kappa shape index (κ2) is 5.72. The number of thiol groups is 1. The maximum atomic E-state index is 10.9. The average Bonchev–Trinajstić information content (AvgIpc) is 2.17. The summed E-state index contributed by atoms with van der Waals surface area (Å²) < 4.78 is 0.193. The number of hydrogen-bond acceptors (Lipinski definition) is 2. The van der Waals surface area contributed by atoms with Gasteiger partial charge < -0.3 is 10.4 Å². The zero-order valence-corrected chi connectivity index (χ0v) is 9.59. The van der Waals surface area contributed by atoms with E-state index in [1.807, 2.05) is 30.3 Å². The quantitative estimate of drug-likeness (QED) is 0.552. The lowest BCUT2D eigenvalue weighted by Gasteiger charge is -2.13. The van der Waals surface area contributed by atoms with Gasteiger partial charge in [-0.3, -0.25) is 0 Å². The number of thiocarbonyl (C=S) groups is 1. The van der Waals surface area contributed by atoms with Gasteiger partial charge >= 0.3 is 5.97 Å². The van der Waals surface area contributed by atoms with Crippen LogP contribution in [0.2, 0.25) is 0 Å². The minimum atomic E-state index is -0.935. The van der Waals surface area contributed by atoms with Crippen molar-refractivity contribution in [2.24, 2.45) is 0 Å². The summed E-state index contributed by atoms with van der Waals surface area (Å²) in [6.07, 6.45) is 0.386. The van der Waals surface area contributed by atoms with Crippen LogP contribution in [-0.2, 0) is 11.2 Å². The Labute approximate surface area is 98.9 Å². The minimum absolute atomic E-state index is 0.193. The summed E-state index contributed by atoms with van der Waals surface area (Å²) >= 11 is 8.55. The third-order valence-corrected chi connectivity index (χ3v) is 2.13. The topological polar surface area (TPSA) is 49.3 Å². The predicted molar refractivity (Wildman–Crippen MR) is 66.3 cm³/mol. The van der Waals surface area contributed by atoms with Gasteiger partial charge in [-0.1, -0.05) is 42.5 Å². The molecular formula is C10H11NO2S2. The number of benzene rings is 1. The van der Waals surface area contributed by atoms with Crippen molar-refractivity contribution in [3.8, 4) is 0 Å². The Bertz CT molecular complexity index is 354. The van der Waals surface area contributed by atoms with Crippen LogP contribution in [0.3, 0.4) is 0 Å². The van der Waals surface area contributed by atoms with Crippen molar-refractivity contribution in [2.75, 3.05) is 0 Å². The van der Waals surface area contributed by atoms with Crippen molar-refractivity contribution in [3.05, 3.63) is 35.9 Å². The second-order valence-corrected chi connectivity index (χ2v) is 4.19. The van der Waals surface area contributed by atoms with Crippen LogP contribution in [0, 0.1) is 0 Å². The number of carboxylic acid groups (broad SMARTS) is 1. The Morgan fingerprint density at radius 1 is 1.47 bits per heavy atom. The van der Waals surface area contributed by atoms with Gasteiger partial charge in [0.15, 0.2) is 0 Å². The van der Waals surface area contributed by atoms with Crippen LogP contribution in [0.1, 0.15) is 5.56 Å². The minimum Gasteiger partial charge on any atom is -0.480 e. The van der Waals surface area contributed by atoms with E-state index in [-0.39, 0.29) is 4.32 Å². The third-order valence-electron chi connectivity index (χ3n) is 1.88. The Hall–Kier alpha value is -1.07. The first-order chi connectivity index (χ1) is 7.09. The van der Waals surface area contributed by atoms with Crippen LogP contribution in [0.15, 0.2) is 30.3 Å². The molecule has 0 aliphatic heterocycles. The van der Waals surface area contributed by atoms with Gasteiger partial charge in [-0.05, 0) is 5.56 Å². The van der Waals surface area contributed by atoms with E-state index in [2.05, 4.69) is 17.9 Å². The molecule has 0 heterocycles. The Balaban J connectivity index is 2.67. The summed E-state index contributed by atoms with van der Waals surface area (Å²) in [5.41, 5.74) is 0.946. The largest absolute Gasteiger partial charge is 0.480 e.